The topological polar surface area (TPSA) is 68.0 Å². The van der Waals surface area contributed by atoms with Crippen molar-refractivity contribution in [1.82, 2.24) is 10.3 Å². The van der Waals surface area contributed by atoms with Gasteiger partial charge in [0.2, 0.25) is 0 Å². The van der Waals surface area contributed by atoms with E-state index in [0.717, 1.165) is 10.2 Å². The van der Waals surface area contributed by atoms with Crippen molar-refractivity contribution < 1.29 is 4.79 Å². The number of pyridine rings is 1. The minimum absolute atomic E-state index is 0.162. The summed E-state index contributed by atoms with van der Waals surface area (Å²) in [6.45, 7) is 0.591. The quantitative estimate of drug-likeness (QED) is 0.907. The summed E-state index contributed by atoms with van der Waals surface area (Å²) in [6, 6.07) is 5.66. The van der Waals surface area contributed by atoms with Crippen LogP contribution in [0.1, 0.15) is 15.2 Å². The molecule has 0 fully saturated rings. The van der Waals surface area contributed by atoms with Crippen LogP contribution < -0.4 is 11.1 Å². The highest BCUT2D eigenvalue weighted by Gasteiger charge is 2.08. The second-order valence-electron chi connectivity index (χ2n) is 3.67. The van der Waals surface area contributed by atoms with E-state index in [4.69, 9.17) is 5.73 Å². The van der Waals surface area contributed by atoms with Gasteiger partial charge in [0.25, 0.3) is 5.91 Å². The van der Waals surface area contributed by atoms with Crippen LogP contribution >= 0.6 is 27.3 Å². The van der Waals surface area contributed by atoms with Crippen molar-refractivity contribution >= 4 is 38.9 Å². The molecule has 2 rings (SSSR count). The number of thiophene rings is 1. The largest absolute Gasteiger partial charge is 0.397 e. The van der Waals surface area contributed by atoms with Crippen molar-refractivity contribution in [1.29, 1.82) is 0 Å². The van der Waals surface area contributed by atoms with Crippen LogP contribution in [0.2, 0.25) is 0 Å². The fraction of sp³-hybridized carbons (Fsp3) is 0.167. The molecule has 0 aliphatic rings. The number of rotatable bonds is 4. The van der Waals surface area contributed by atoms with E-state index in [9.17, 15) is 4.79 Å². The first-order chi connectivity index (χ1) is 8.66. The zero-order valence-electron chi connectivity index (χ0n) is 9.52. The Morgan fingerprint density at radius 3 is 2.94 bits per heavy atom. The molecule has 0 spiro atoms. The summed E-state index contributed by atoms with van der Waals surface area (Å²) < 4.78 is 1.10. The minimum Gasteiger partial charge on any atom is -0.397 e. The maximum atomic E-state index is 11.8. The van der Waals surface area contributed by atoms with Crippen molar-refractivity contribution in [2.24, 2.45) is 0 Å². The average molecular weight is 326 g/mol. The van der Waals surface area contributed by atoms with Crippen LogP contribution in [-0.2, 0) is 6.42 Å². The summed E-state index contributed by atoms with van der Waals surface area (Å²) in [7, 11) is 0. The first kappa shape index (κ1) is 13.0. The zero-order chi connectivity index (χ0) is 13.0. The van der Waals surface area contributed by atoms with Crippen molar-refractivity contribution in [3.63, 3.8) is 0 Å². The molecule has 0 bridgehead atoms. The van der Waals surface area contributed by atoms with Crippen molar-refractivity contribution in [3.05, 3.63) is 44.8 Å². The van der Waals surface area contributed by atoms with E-state index >= 15 is 0 Å². The van der Waals surface area contributed by atoms with Crippen molar-refractivity contribution in [3.8, 4) is 0 Å². The molecule has 0 saturated heterocycles. The Balaban J connectivity index is 1.87. The second kappa shape index (κ2) is 5.97. The average Bonchev–Trinajstić information content (AvgIpc) is 2.75. The van der Waals surface area contributed by atoms with Crippen LogP contribution in [0.15, 0.2) is 34.4 Å². The summed E-state index contributed by atoms with van der Waals surface area (Å²) in [5.41, 5.74) is 6.55. The second-order valence-corrected chi connectivity index (χ2v) is 6.22. The SMILES string of the molecule is Nc1cnccc1C(=O)NCCc1ccc(Br)s1. The fourth-order valence-electron chi connectivity index (χ4n) is 1.49. The van der Waals surface area contributed by atoms with Gasteiger partial charge in [-0.3, -0.25) is 9.78 Å². The molecule has 0 radical (unpaired) electrons. The number of halogens is 1. The van der Waals surface area contributed by atoms with Gasteiger partial charge < -0.3 is 11.1 Å². The van der Waals surface area contributed by atoms with E-state index in [1.54, 1.807) is 23.6 Å². The Labute approximate surface area is 117 Å². The number of hydrogen-bond donors (Lipinski definition) is 2. The molecule has 4 nitrogen and oxygen atoms in total. The van der Waals surface area contributed by atoms with E-state index in [1.165, 1.54) is 11.1 Å². The molecule has 0 aliphatic heterocycles. The van der Waals surface area contributed by atoms with Crippen LogP contribution in [0.4, 0.5) is 5.69 Å². The molecule has 0 saturated carbocycles. The van der Waals surface area contributed by atoms with Gasteiger partial charge in [0.15, 0.2) is 0 Å². The molecule has 0 atom stereocenters. The lowest BCUT2D eigenvalue weighted by molar-refractivity contribution is 0.0955. The molecule has 0 aromatic carbocycles. The Kier molecular flexibility index (Phi) is 4.33. The van der Waals surface area contributed by atoms with E-state index in [-0.39, 0.29) is 5.91 Å². The Morgan fingerprint density at radius 1 is 1.44 bits per heavy atom. The number of carbonyl (C=O) groups is 1. The summed E-state index contributed by atoms with van der Waals surface area (Å²) in [4.78, 5) is 16.9. The molecular formula is C12H12BrN3OS. The van der Waals surface area contributed by atoms with Crippen LogP contribution in [-0.4, -0.2) is 17.4 Å². The highest BCUT2D eigenvalue weighted by molar-refractivity contribution is 9.11. The zero-order valence-corrected chi connectivity index (χ0v) is 11.9. The van der Waals surface area contributed by atoms with Gasteiger partial charge in [-0.2, -0.15) is 0 Å². The van der Waals surface area contributed by atoms with Crippen LogP contribution in [0.3, 0.4) is 0 Å². The fourth-order valence-corrected chi connectivity index (χ4v) is 2.98. The van der Waals surface area contributed by atoms with Crippen LogP contribution in [0, 0.1) is 0 Å². The Hall–Kier alpha value is -1.40. The van der Waals surface area contributed by atoms with E-state index in [2.05, 4.69) is 26.2 Å². The maximum Gasteiger partial charge on any atom is 0.253 e. The third kappa shape index (κ3) is 3.30. The number of amides is 1. The molecule has 94 valence electrons. The summed E-state index contributed by atoms with van der Waals surface area (Å²) in [5.74, 6) is -0.162. The number of nitrogens with two attached hydrogens (primary N) is 1. The molecule has 0 aliphatic carbocycles. The number of nitrogens with zero attached hydrogens (tertiary/aromatic N) is 1. The number of hydrogen-bond acceptors (Lipinski definition) is 4. The van der Waals surface area contributed by atoms with Gasteiger partial charge in [0.1, 0.15) is 0 Å². The van der Waals surface area contributed by atoms with Crippen molar-refractivity contribution in [2.75, 3.05) is 12.3 Å². The number of nitrogen functional groups attached to an aromatic ring is 1. The van der Waals surface area contributed by atoms with Gasteiger partial charge in [-0.15, -0.1) is 11.3 Å². The van der Waals surface area contributed by atoms with E-state index < -0.39 is 0 Å². The van der Waals surface area contributed by atoms with Crippen LogP contribution in [0.25, 0.3) is 0 Å². The maximum absolute atomic E-state index is 11.8. The van der Waals surface area contributed by atoms with E-state index in [1.807, 2.05) is 12.1 Å². The highest BCUT2D eigenvalue weighted by Crippen LogP contribution is 2.22. The first-order valence-electron chi connectivity index (χ1n) is 5.38. The summed E-state index contributed by atoms with van der Waals surface area (Å²) >= 11 is 5.08. The Bertz CT molecular complexity index is 556. The molecule has 2 aromatic rings. The number of aromatic nitrogens is 1. The standard InChI is InChI=1S/C12H12BrN3OS/c13-11-2-1-8(18-11)3-6-16-12(17)9-4-5-15-7-10(9)14/h1-2,4-5,7H,3,6,14H2,(H,16,17). The molecule has 2 aromatic heterocycles. The minimum atomic E-state index is -0.162. The smallest absolute Gasteiger partial charge is 0.253 e. The Morgan fingerprint density at radius 2 is 2.28 bits per heavy atom. The normalized spacial score (nSPS) is 10.3. The number of nitrogens with one attached hydrogen (secondary N) is 1. The van der Waals surface area contributed by atoms with Gasteiger partial charge in [-0.1, -0.05) is 0 Å². The molecule has 6 heteroatoms. The highest BCUT2D eigenvalue weighted by atomic mass is 79.9. The monoisotopic (exact) mass is 325 g/mol. The number of carbonyl (C=O) groups excluding carboxylic acids is 1. The lowest BCUT2D eigenvalue weighted by Crippen LogP contribution is -2.26. The summed E-state index contributed by atoms with van der Waals surface area (Å²) in [5, 5.41) is 2.84. The van der Waals surface area contributed by atoms with Crippen molar-refractivity contribution in [2.45, 2.75) is 6.42 Å². The molecule has 3 N–H and O–H groups in total. The summed E-state index contributed by atoms with van der Waals surface area (Å²) in [6.07, 6.45) is 3.85. The molecule has 18 heavy (non-hydrogen) atoms. The lowest BCUT2D eigenvalue weighted by atomic mass is 10.2. The predicted molar refractivity (Wildman–Crippen MR) is 76.7 cm³/mol. The van der Waals surface area contributed by atoms with Gasteiger partial charge >= 0.3 is 0 Å². The van der Waals surface area contributed by atoms with Gasteiger partial charge in [-0.25, -0.2) is 0 Å². The lowest BCUT2D eigenvalue weighted by Gasteiger charge is -2.06. The van der Waals surface area contributed by atoms with Gasteiger partial charge in [0, 0.05) is 17.6 Å². The first-order valence-corrected chi connectivity index (χ1v) is 6.99. The molecular weight excluding hydrogens is 314 g/mol. The predicted octanol–water partition coefficient (Wildman–Crippen LogP) is 2.46. The molecule has 1 amide bonds. The molecule has 2 heterocycles. The van der Waals surface area contributed by atoms with E-state index in [0.29, 0.717) is 17.8 Å². The third-order valence-electron chi connectivity index (χ3n) is 2.38. The van der Waals surface area contributed by atoms with Gasteiger partial charge in [-0.05, 0) is 40.5 Å². The molecule has 0 unspecified atom stereocenters. The number of anilines is 1. The van der Waals surface area contributed by atoms with Crippen LogP contribution in [0.5, 0.6) is 0 Å². The van der Waals surface area contributed by atoms with Gasteiger partial charge in [0.05, 0.1) is 21.2 Å². The third-order valence-corrected chi connectivity index (χ3v) is 4.07.